The summed E-state index contributed by atoms with van der Waals surface area (Å²) in [7, 11) is -3.76. The first-order chi connectivity index (χ1) is 8.99. The van der Waals surface area contributed by atoms with Crippen molar-refractivity contribution in [2.45, 2.75) is 24.7 Å². The molecule has 0 amide bonds. The maximum Gasteiger partial charge on any atom is 0.339 e. The highest BCUT2D eigenvalue weighted by atomic mass is 32.2. The molecule has 0 saturated heterocycles. The Labute approximate surface area is 114 Å². The zero-order valence-corrected chi connectivity index (χ0v) is 11.7. The van der Waals surface area contributed by atoms with Crippen LogP contribution in [0.5, 0.6) is 5.75 Å². The maximum atomic E-state index is 12.1. The molecule has 0 aliphatic heterocycles. The average molecular weight is 276 g/mol. The third-order valence-corrected chi connectivity index (χ3v) is 4.05. The van der Waals surface area contributed by atoms with Gasteiger partial charge in [-0.2, -0.15) is 8.42 Å². The summed E-state index contributed by atoms with van der Waals surface area (Å²) in [5.74, 6) is 0.683. The van der Waals surface area contributed by atoms with Gasteiger partial charge in [0.1, 0.15) is 10.6 Å². The molecule has 0 unspecified atom stereocenters. The van der Waals surface area contributed by atoms with Crippen LogP contribution >= 0.6 is 0 Å². The molecule has 100 valence electrons. The third-order valence-electron chi connectivity index (χ3n) is 2.78. The number of hydrogen-bond acceptors (Lipinski definition) is 3. The Morgan fingerprint density at radius 3 is 2.00 bits per heavy atom. The van der Waals surface area contributed by atoms with Crippen molar-refractivity contribution in [3.63, 3.8) is 0 Å². The number of hydrogen-bond donors (Lipinski definition) is 0. The minimum atomic E-state index is -3.76. The van der Waals surface area contributed by atoms with Crippen LogP contribution in [0.25, 0.3) is 0 Å². The standard InChI is InChI=1S/C15H16O3S/c1-12(2)13-8-10-15(11-9-13)19(16,17)18-14-6-4-3-5-7-14/h3-12H,1-2H3. The molecule has 3 nitrogen and oxygen atoms in total. The molecule has 2 rings (SSSR count). The minimum Gasteiger partial charge on any atom is -0.379 e. The van der Waals surface area contributed by atoms with Crippen molar-refractivity contribution in [2.75, 3.05) is 0 Å². The van der Waals surface area contributed by atoms with Gasteiger partial charge in [-0.25, -0.2) is 0 Å². The largest absolute Gasteiger partial charge is 0.379 e. The van der Waals surface area contributed by atoms with E-state index in [4.69, 9.17) is 4.18 Å². The van der Waals surface area contributed by atoms with Gasteiger partial charge in [-0.15, -0.1) is 0 Å². The van der Waals surface area contributed by atoms with Crippen LogP contribution in [0.15, 0.2) is 59.5 Å². The van der Waals surface area contributed by atoms with Gasteiger partial charge < -0.3 is 4.18 Å². The predicted molar refractivity (Wildman–Crippen MR) is 74.8 cm³/mol. The summed E-state index contributed by atoms with van der Waals surface area (Å²) >= 11 is 0. The molecule has 0 fully saturated rings. The molecule has 4 heteroatoms. The normalized spacial score (nSPS) is 11.5. The van der Waals surface area contributed by atoms with E-state index in [-0.39, 0.29) is 4.90 Å². The van der Waals surface area contributed by atoms with Crippen LogP contribution in [0, 0.1) is 0 Å². The lowest BCUT2D eigenvalue weighted by atomic mass is 10.0. The first kappa shape index (κ1) is 13.6. The lowest BCUT2D eigenvalue weighted by Gasteiger charge is -2.09. The van der Waals surface area contributed by atoms with E-state index in [9.17, 15) is 8.42 Å². The third kappa shape index (κ3) is 3.35. The fourth-order valence-corrected chi connectivity index (χ4v) is 2.60. The molecule has 0 saturated carbocycles. The van der Waals surface area contributed by atoms with Gasteiger partial charge in [-0.1, -0.05) is 44.2 Å². The number of benzene rings is 2. The summed E-state index contributed by atoms with van der Waals surface area (Å²) in [6.45, 7) is 4.12. The highest BCUT2D eigenvalue weighted by Crippen LogP contribution is 2.20. The van der Waals surface area contributed by atoms with Crippen LogP contribution in [0.4, 0.5) is 0 Å². The van der Waals surface area contributed by atoms with E-state index < -0.39 is 10.1 Å². The van der Waals surface area contributed by atoms with Gasteiger partial charge in [-0.3, -0.25) is 0 Å². The summed E-state index contributed by atoms with van der Waals surface area (Å²) in [6, 6.07) is 15.3. The Balaban J connectivity index is 2.25. The van der Waals surface area contributed by atoms with Crippen molar-refractivity contribution in [1.29, 1.82) is 0 Å². The molecule has 0 heterocycles. The van der Waals surface area contributed by atoms with Crippen molar-refractivity contribution < 1.29 is 12.6 Å². The molecular formula is C15H16O3S. The van der Waals surface area contributed by atoms with Crippen LogP contribution in [0.2, 0.25) is 0 Å². The van der Waals surface area contributed by atoms with Gasteiger partial charge in [0.15, 0.2) is 0 Å². The van der Waals surface area contributed by atoms with Gasteiger partial charge in [0.2, 0.25) is 0 Å². The summed E-state index contributed by atoms with van der Waals surface area (Å²) in [4.78, 5) is 0.167. The van der Waals surface area contributed by atoms with E-state index in [1.807, 2.05) is 12.1 Å². The summed E-state index contributed by atoms with van der Waals surface area (Å²) in [5, 5.41) is 0. The molecule has 0 atom stereocenters. The topological polar surface area (TPSA) is 43.4 Å². The molecule has 2 aromatic carbocycles. The molecule has 0 N–H and O–H groups in total. The Morgan fingerprint density at radius 2 is 1.47 bits per heavy atom. The monoisotopic (exact) mass is 276 g/mol. The molecule has 0 aliphatic carbocycles. The van der Waals surface area contributed by atoms with Crippen LogP contribution in [-0.4, -0.2) is 8.42 Å². The average Bonchev–Trinajstić information content (AvgIpc) is 2.39. The molecule has 0 bridgehead atoms. The smallest absolute Gasteiger partial charge is 0.339 e. The Bertz CT molecular complexity index is 629. The molecule has 19 heavy (non-hydrogen) atoms. The van der Waals surface area contributed by atoms with Crippen molar-refractivity contribution in [3.8, 4) is 5.75 Å². The van der Waals surface area contributed by atoms with Crippen LogP contribution < -0.4 is 4.18 Å². The van der Waals surface area contributed by atoms with Crippen molar-refractivity contribution in [3.05, 3.63) is 60.2 Å². The first-order valence-corrected chi connectivity index (χ1v) is 7.49. The molecule has 0 radical (unpaired) electrons. The SMILES string of the molecule is CC(C)c1ccc(S(=O)(=O)Oc2ccccc2)cc1. The number of rotatable bonds is 4. The van der Waals surface area contributed by atoms with Crippen LogP contribution in [0.1, 0.15) is 25.3 Å². The van der Waals surface area contributed by atoms with Crippen LogP contribution in [0.3, 0.4) is 0 Å². The molecule has 0 aliphatic rings. The van der Waals surface area contributed by atoms with Crippen LogP contribution in [-0.2, 0) is 10.1 Å². The van der Waals surface area contributed by atoms with E-state index in [2.05, 4.69) is 13.8 Å². The van der Waals surface area contributed by atoms with Gasteiger partial charge in [0.05, 0.1) is 0 Å². The van der Waals surface area contributed by atoms with Crippen molar-refractivity contribution >= 4 is 10.1 Å². The second-order valence-electron chi connectivity index (χ2n) is 4.57. The van der Waals surface area contributed by atoms with E-state index in [1.165, 1.54) is 0 Å². The van der Waals surface area contributed by atoms with E-state index in [0.717, 1.165) is 5.56 Å². The molecule has 0 spiro atoms. The second-order valence-corrected chi connectivity index (χ2v) is 6.12. The lowest BCUT2D eigenvalue weighted by molar-refractivity contribution is 0.486. The van der Waals surface area contributed by atoms with E-state index in [1.54, 1.807) is 42.5 Å². The van der Waals surface area contributed by atoms with Gasteiger partial charge >= 0.3 is 10.1 Å². The predicted octanol–water partition coefficient (Wildman–Crippen LogP) is 3.58. The quantitative estimate of drug-likeness (QED) is 0.802. The Kier molecular flexibility index (Phi) is 3.90. The zero-order chi connectivity index (χ0) is 13.9. The fourth-order valence-electron chi connectivity index (χ4n) is 1.67. The summed E-state index contributed by atoms with van der Waals surface area (Å²) in [6.07, 6.45) is 0. The van der Waals surface area contributed by atoms with Gasteiger partial charge in [0, 0.05) is 0 Å². The first-order valence-electron chi connectivity index (χ1n) is 6.08. The van der Waals surface area contributed by atoms with Gasteiger partial charge in [-0.05, 0) is 35.7 Å². The minimum absolute atomic E-state index is 0.167. The number of para-hydroxylation sites is 1. The zero-order valence-electron chi connectivity index (χ0n) is 10.9. The highest BCUT2D eigenvalue weighted by Gasteiger charge is 2.16. The molecular weight excluding hydrogens is 260 g/mol. The fraction of sp³-hybridized carbons (Fsp3) is 0.200. The Morgan fingerprint density at radius 1 is 0.895 bits per heavy atom. The van der Waals surface area contributed by atoms with Crippen molar-refractivity contribution in [1.82, 2.24) is 0 Å². The maximum absolute atomic E-state index is 12.1. The second kappa shape index (κ2) is 5.45. The molecule has 0 aromatic heterocycles. The highest BCUT2D eigenvalue weighted by molar-refractivity contribution is 7.87. The van der Waals surface area contributed by atoms with E-state index >= 15 is 0 Å². The Hall–Kier alpha value is -1.81. The molecule has 2 aromatic rings. The van der Waals surface area contributed by atoms with Gasteiger partial charge in [0.25, 0.3) is 0 Å². The summed E-state index contributed by atoms with van der Waals surface area (Å²) in [5.41, 5.74) is 1.10. The lowest BCUT2D eigenvalue weighted by Crippen LogP contribution is -2.09. The summed E-state index contributed by atoms with van der Waals surface area (Å²) < 4.78 is 29.2. The van der Waals surface area contributed by atoms with E-state index in [0.29, 0.717) is 11.7 Å². The van der Waals surface area contributed by atoms with Crippen molar-refractivity contribution in [2.24, 2.45) is 0 Å².